The molecule has 1 aromatic carbocycles. The van der Waals surface area contributed by atoms with Crippen LogP contribution in [0.1, 0.15) is 30.5 Å². The maximum absolute atomic E-state index is 12.0. The molecule has 112 valence electrons. The normalized spacial score (nSPS) is 13.7. The van der Waals surface area contributed by atoms with Crippen molar-refractivity contribution < 1.29 is 14.3 Å². The summed E-state index contributed by atoms with van der Waals surface area (Å²) in [6, 6.07) is 5.77. The molecule has 2 atom stereocenters. The Morgan fingerprint density at radius 1 is 1.40 bits per heavy atom. The number of carbonyl (C=O) groups is 1. The number of methoxy groups -OCH3 is 2. The molecule has 5 heteroatoms. The van der Waals surface area contributed by atoms with Crippen molar-refractivity contribution in [3.8, 4) is 5.75 Å². The van der Waals surface area contributed by atoms with Gasteiger partial charge in [-0.2, -0.15) is 0 Å². The fraction of sp³-hybridized carbons (Fsp3) is 0.533. The molecule has 1 amide bonds. The minimum Gasteiger partial charge on any atom is -0.496 e. The van der Waals surface area contributed by atoms with Crippen molar-refractivity contribution in [2.24, 2.45) is 5.73 Å². The lowest BCUT2D eigenvalue weighted by molar-refractivity contribution is -0.124. The number of nitrogens with two attached hydrogens (primary N) is 1. The largest absolute Gasteiger partial charge is 0.496 e. The van der Waals surface area contributed by atoms with Crippen LogP contribution in [0.2, 0.25) is 0 Å². The Bertz CT molecular complexity index is 445. The highest BCUT2D eigenvalue weighted by molar-refractivity contribution is 5.77. The molecule has 0 spiro atoms. The van der Waals surface area contributed by atoms with Crippen LogP contribution < -0.4 is 15.8 Å². The van der Waals surface area contributed by atoms with Gasteiger partial charge in [0.15, 0.2) is 0 Å². The minimum atomic E-state index is -0.249. The third kappa shape index (κ3) is 4.51. The maximum atomic E-state index is 12.0. The second kappa shape index (κ2) is 7.87. The predicted octanol–water partition coefficient (Wildman–Crippen LogP) is 1.54. The number of carbonyl (C=O) groups excluding carboxylic acids is 1. The second-order valence-electron chi connectivity index (χ2n) is 4.83. The lowest BCUT2D eigenvalue weighted by atomic mass is 10.0. The summed E-state index contributed by atoms with van der Waals surface area (Å²) in [5.74, 6) is 0.684. The van der Waals surface area contributed by atoms with Gasteiger partial charge in [0.1, 0.15) is 5.75 Å². The Kier molecular flexibility index (Phi) is 6.48. The van der Waals surface area contributed by atoms with E-state index in [2.05, 4.69) is 5.32 Å². The van der Waals surface area contributed by atoms with E-state index in [9.17, 15) is 4.79 Å². The molecule has 0 fully saturated rings. The zero-order chi connectivity index (χ0) is 15.1. The first kappa shape index (κ1) is 16.5. The molecule has 2 unspecified atom stereocenters. The van der Waals surface area contributed by atoms with Crippen molar-refractivity contribution in [2.45, 2.75) is 32.4 Å². The van der Waals surface area contributed by atoms with Crippen molar-refractivity contribution in [3.63, 3.8) is 0 Å². The smallest absolute Gasteiger partial charge is 0.223 e. The Morgan fingerprint density at radius 2 is 2.10 bits per heavy atom. The molecule has 1 rings (SSSR count). The van der Waals surface area contributed by atoms with Gasteiger partial charge in [0.25, 0.3) is 0 Å². The van der Waals surface area contributed by atoms with Crippen LogP contribution in [-0.4, -0.2) is 32.8 Å². The average Bonchev–Trinajstić information content (AvgIpc) is 2.44. The summed E-state index contributed by atoms with van der Waals surface area (Å²) < 4.78 is 10.4. The molecular weight excluding hydrogens is 256 g/mol. The summed E-state index contributed by atoms with van der Waals surface area (Å²) in [6.45, 7) is 4.26. The van der Waals surface area contributed by atoms with Gasteiger partial charge in [0.05, 0.1) is 25.7 Å². The molecule has 0 heterocycles. The van der Waals surface area contributed by atoms with E-state index in [1.54, 1.807) is 14.2 Å². The highest BCUT2D eigenvalue weighted by atomic mass is 16.5. The monoisotopic (exact) mass is 280 g/mol. The van der Waals surface area contributed by atoms with Crippen LogP contribution in [0.3, 0.4) is 0 Å². The van der Waals surface area contributed by atoms with E-state index in [0.29, 0.717) is 6.54 Å². The van der Waals surface area contributed by atoms with Gasteiger partial charge in [-0.15, -0.1) is 0 Å². The molecular formula is C15H24N2O3. The van der Waals surface area contributed by atoms with Gasteiger partial charge in [-0.25, -0.2) is 0 Å². The van der Waals surface area contributed by atoms with Crippen LogP contribution in [0.25, 0.3) is 0 Å². The fourth-order valence-corrected chi connectivity index (χ4v) is 2.04. The number of nitrogens with one attached hydrogen (secondary N) is 1. The van der Waals surface area contributed by atoms with Gasteiger partial charge in [0, 0.05) is 19.2 Å². The summed E-state index contributed by atoms with van der Waals surface area (Å²) in [6.07, 6.45) is 0.00691. The molecule has 0 radical (unpaired) electrons. The third-order valence-corrected chi connectivity index (χ3v) is 3.24. The van der Waals surface area contributed by atoms with Crippen LogP contribution in [0.5, 0.6) is 5.75 Å². The summed E-state index contributed by atoms with van der Waals surface area (Å²) >= 11 is 0. The van der Waals surface area contributed by atoms with Gasteiger partial charge in [-0.05, 0) is 19.9 Å². The second-order valence-corrected chi connectivity index (χ2v) is 4.83. The molecule has 0 aliphatic carbocycles. The first-order valence-electron chi connectivity index (χ1n) is 6.68. The van der Waals surface area contributed by atoms with Crippen molar-refractivity contribution in [2.75, 3.05) is 20.8 Å². The Labute approximate surface area is 120 Å². The lowest BCUT2D eigenvalue weighted by Crippen LogP contribution is -2.33. The molecule has 1 aromatic rings. The summed E-state index contributed by atoms with van der Waals surface area (Å²) in [4.78, 5) is 12.0. The fourth-order valence-electron chi connectivity index (χ4n) is 2.04. The lowest BCUT2D eigenvalue weighted by Gasteiger charge is -2.19. The highest BCUT2D eigenvalue weighted by Gasteiger charge is 2.17. The average molecular weight is 280 g/mol. The van der Waals surface area contributed by atoms with Gasteiger partial charge in [-0.1, -0.05) is 17.7 Å². The van der Waals surface area contributed by atoms with Gasteiger partial charge >= 0.3 is 0 Å². The SMILES string of the molecule is COc1ccc(C)cc1C(C)NC(=O)CC(CN)OC. The number of rotatable bonds is 7. The maximum Gasteiger partial charge on any atom is 0.223 e. The first-order chi connectivity index (χ1) is 9.51. The molecule has 5 nitrogen and oxygen atoms in total. The number of benzene rings is 1. The molecule has 3 N–H and O–H groups in total. The number of amides is 1. The van der Waals surface area contributed by atoms with Crippen LogP contribution in [0.4, 0.5) is 0 Å². The standard InChI is InChI=1S/C15H24N2O3/c1-10-5-6-14(20-4)13(7-10)11(2)17-15(18)8-12(9-16)19-3/h5-7,11-12H,8-9,16H2,1-4H3,(H,17,18). The Balaban J connectivity index is 2.73. The summed E-state index contributed by atoms with van der Waals surface area (Å²) in [7, 11) is 3.18. The van der Waals surface area contributed by atoms with Crippen LogP contribution >= 0.6 is 0 Å². The van der Waals surface area contributed by atoms with Crippen LogP contribution in [0.15, 0.2) is 18.2 Å². The number of hydrogen-bond acceptors (Lipinski definition) is 4. The van der Waals surface area contributed by atoms with Crippen LogP contribution in [0, 0.1) is 6.92 Å². The van der Waals surface area contributed by atoms with E-state index >= 15 is 0 Å². The third-order valence-electron chi connectivity index (χ3n) is 3.24. The highest BCUT2D eigenvalue weighted by Crippen LogP contribution is 2.26. The number of ether oxygens (including phenoxy) is 2. The van der Waals surface area contributed by atoms with Crippen molar-refractivity contribution in [3.05, 3.63) is 29.3 Å². The van der Waals surface area contributed by atoms with Gasteiger partial charge in [0.2, 0.25) is 5.91 Å². The van der Waals surface area contributed by atoms with E-state index in [-0.39, 0.29) is 24.5 Å². The van der Waals surface area contributed by atoms with Gasteiger partial charge < -0.3 is 20.5 Å². The molecule has 20 heavy (non-hydrogen) atoms. The Hall–Kier alpha value is -1.59. The van der Waals surface area contributed by atoms with E-state index in [1.807, 2.05) is 32.0 Å². The van der Waals surface area contributed by atoms with Crippen molar-refractivity contribution >= 4 is 5.91 Å². The van der Waals surface area contributed by atoms with Crippen molar-refractivity contribution in [1.82, 2.24) is 5.32 Å². The minimum absolute atomic E-state index is 0.0849. The summed E-state index contributed by atoms with van der Waals surface area (Å²) in [5.41, 5.74) is 7.60. The molecule has 0 aromatic heterocycles. The van der Waals surface area contributed by atoms with Crippen LogP contribution in [-0.2, 0) is 9.53 Å². The quantitative estimate of drug-likeness (QED) is 0.794. The van der Waals surface area contributed by atoms with E-state index in [0.717, 1.165) is 16.9 Å². The van der Waals surface area contributed by atoms with E-state index in [4.69, 9.17) is 15.2 Å². The topological polar surface area (TPSA) is 73.6 Å². The van der Waals surface area contributed by atoms with E-state index < -0.39 is 0 Å². The molecule has 0 bridgehead atoms. The molecule has 0 aliphatic rings. The van der Waals surface area contributed by atoms with E-state index in [1.165, 1.54) is 0 Å². The molecule has 0 saturated heterocycles. The number of hydrogen-bond donors (Lipinski definition) is 2. The zero-order valence-corrected chi connectivity index (χ0v) is 12.6. The molecule has 0 saturated carbocycles. The van der Waals surface area contributed by atoms with Gasteiger partial charge in [-0.3, -0.25) is 4.79 Å². The predicted molar refractivity (Wildman–Crippen MR) is 78.8 cm³/mol. The zero-order valence-electron chi connectivity index (χ0n) is 12.6. The molecule has 0 aliphatic heterocycles. The Morgan fingerprint density at radius 3 is 2.65 bits per heavy atom. The summed E-state index contributed by atoms with van der Waals surface area (Å²) in [5, 5.41) is 2.94. The first-order valence-corrected chi connectivity index (χ1v) is 6.68. The van der Waals surface area contributed by atoms with Crippen molar-refractivity contribution in [1.29, 1.82) is 0 Å². The number of aryl methyl sites for hydroxylation is 1.